The third-order valence-corrected chi connectivity index (χ3v) is 5.30. The molecule has 1 unspecified atom stereocenters. The minimum atomic E-state index is -0.283. The van der Waals surface area contributed by atoms with Gasteiger partial charge in [-0.25, -0.2) is 0 Å². The van der Waals surface area contributed by atoms with Crippen molar-refractivity contribution in [3.8, 4) is 11.1 Å². The molecular formula is C20H21N3O3S. The molecule has 4 N–H and O–H groups in total. The molecule has 2 aromatic heterocycles. The number of hydrogen-bond acceptors (Lipinski definition) is 4. The highest BCUT2D eigenvalue weighted by Crippen LogP contribution is 2.39. The summed E-state index contributed by atoms with van der Waals surface area (Å²) in [5.74, 6) is -0.0854. The molecule has 4 rings (SSSR count). The van der Waals surface area contributed by atoms with E-state index in [0.29, 0.717) is 17.7 Å². The lowest BCUT2D eigenvalue weighted by Gasteiger charge is -2.18. The van der Waals surface area contributed by atoms with E-state index in [1.165, 1.54) is 6.08 Å². The van der Waals surface area contributed by atoms with Crippen LogP contribution in [-0.2, 0) is 11.3 Å². The molecule has 0 amide bonds. The van der Waals surface area contributed by atoms with Crippen molar-refractivity contribution in [2.45, 2.75) is 18.9 Å². The average Bonchev–Trinajstić information content (AvgIpc) is 3.23. The van der Waals surface area contributed by atoms with E-state index < -0.39 is 0 Å². The SMILES string of the molecule is COCCn1ccc2c(-c3c(C4CC=C(O)C=C4O)[nH][nH]c3=S)cccc21. The van der Waals surface area contributed by atoms with Crippen LogP contribution in [0.15, 0.2) is 54.1 Å². The number of rotatable bonds is 5. The summed E-state index contributed by atoms with van der Waals surface area (Å²) in [4.78, 5) is 0. The maximum absolute atomic E-state index is 10.4. The summed E-state index contributed by atoms with van der Waals surface area (Å²) in [5, 5.41) is 27.2. The van der Waals surface area contributed by atoms with Gasteiger partial charge in [-0.3, -0.25) is 5.10 Å². The number of allylic oxidation sites excluding steroid dienone is 3. The van der Waals surface area contributed by atoms with Gasteiger partial charge in [-0.05, 0) is 30.2 Å². The van der Waals surface area contributed by atoms with Gasteiger partial charge in [0.25, 0.3) is 0 Å². The summed E-state index contributed by atoms with van der Waals surface area (Å²) in [6.07, 6.45) is 5.61. The van der Waals surface area contributed by atoms with E-state index in [1.807, 2.05) is 18.3 Å². The Bertz CT molecular complexity index is 1100. The zero-order valence-electron chi connectivity index (χ0n) is 14.9. The Morgan fingerprint density at radius 3 is 2.89 bits per heavy atom. The van der Waals surface area contributed by atoms with Crippen molar-refractivity contribution in [3.05, 3.63) is 64.5 Å². The van der Waals surface area contributed by atoms with Crippen molar-refractivity contribution in [3.63, 3.8) is 0 Å². The molecule has 1 aliphatic carbocycles. The molecule has 2 heterocycles. The Balaban J connectivity index is 1.84. The lowest BCUT2D eigenvalue weighted by atomic mass is 9.89. The molecule has 0 radical (unpaired) electrons. The highest BCUT2D eigenvalue weighted by molar-refractivity contribution is 7.71. The Morgan fingerprint density at radius 1 is 1.26 bits per heavy atom. The normalized spacial score (nSPS) is 17.1. The number of aromatic nitrogens is 3. The van der Waals surface area contributed by atoms with E-state index in [4.69, 9.17) is 17.0 Å². The van der Waals surface area contributed by atoms with Crippen LogP contribution >= 0.6 is 12.2 Å². The first-order valence-electron chi connectivity index (χ1n) is 8.77. The lowest BCUT2D eigenvalue weighted by Crippen LogP contribution is -2.08. The third-order valence-electron chi connectivity index (χ3n) is 4.99. The first-order valence-corrected chi connectivity index (χ1v) is 9.18. The van der Waals surface area contributed by atoms with Gasteiger partial charge in [-0.2, -0.15) is 0 Å². The van der Waals surface area contributed by atoms with Crippen molar-refractivity contribution in [2.24, 2.45) is 0 Å². The van der Waals surface area contributed by atoms with Crippen molar-refractivity contribution < 1.29 is 14.9 Å². The van der Waals surface area contributed by atoms with Crippen LogP contribution in [0.25, 0.3) is 22.0 Å². The van der Waals surface area contributed by atoms with Gasteiger partial charge in [0.15, 0.2) is 0 Å². The third kappa shape index (κ3) is 3.09. The molecule has 6 nitrogen and oxygen atoms in total. The molecule has 0 fully saturated rings. The first-order chi connectivity index (χ1) is 13.1. The molecule has 1 atom stereocenters. The molecule has 7 heteroatoms. The summed E-state index contributed by atoms with van der Waals surface area (Å²) in [5.41, 5.74) is 3.80. The number of aromatic amines is 2. The second-order valence-corrected chi connectivity index (χ2v) is 7.00. The quantitative estimate of drug-likeness (QED) is 0.481. The minimum Gasteiger partial charge on any atom is -0.511 e. The van der Waals surface area contributed by atoms with Crippen molar-refractivity contribution >= 4 is 23.1 Å². The largest absolute Gasteiger partial charge is 0.511 e. The number of fused-ring (bicyclic) bond motifs is 1. The van der Waals surface area contributed by atoms with E-state index >= 15 is 0 Å². The van der Waals surface area contributed by atoms with Crippen molar-refractivity contribution in [2.75, 3.05) is 13.7 Å². The van der Waals surface area contributed by atoms with Crippen LogP contribution in [0.1, 0.15) is 18.0 Å². The van der Waals surface area contributed by atoms with Gasteiger partial charge in [0.1, 0.15) is 16.2 Å². The number of ether oxygens (including phenoxy) is 1. The summed E-state index contributed by atoms with van der Waals surface area (Å²) in [6, 6.07) is 8.20. The standard InChI is InChI=1S/C20H21N3O3S/c1-26-10-9-23-8-7-13-14(3-2-4-16(13)23)18-19(21-22-20(18)27)15-6-5-12(24)11-17(15)25/h2-5,7-8,11,15,24-25H,6,9-10H2,1H3,(H2,21,22,27). The van der Waals surface area contributed by atoms with Crippen LogP contribution < -0.4 is 0 Å². The molecule has 3 aromatic rings. The predicted molar refractivity (Wildman–Crippen MR) is 108 cm³/mol. The number of benzene rings is 1. The summed E-state index contributed by atoms with van der Waals surface area (Å²) in [6.45, 7) is 1.41. The van der Waals surface area contributed by atoms with E-state index in [-0.39, 0.29) is 17.4 Å². The topological polar surface area (TPSA) is 86.2 Å². The fraction of sp³-hybridized carbons (Fsp3) is 0.250. The van der Waals surface area contributed by atoms with E-state index in [0.717, 1.165) is 34.3 Å². The molecule has 27 heavy (non-hydrogen) atoms. The zero-order valence-corrected chi connectivity index (χ0v) is 15.7. The predicted octanol–water partition coefficient (Wildman–Crippen LogP) is 4.71. The average molecular weight is 383 g/mol. The van der Waals surface area contributed by atoms with Crippen LogP contribution in [-0.4, -0.2) is 38.7 Å². The van der Waals surface area contributed by atoms with Crippen LogP contribution in [0.4, 0.5) is 0 Å². The van der Waals surface area contributed by atoms with Gasteiger partial charge < -0.3 is 24.6 Å². The molecule has 1 aliphatic rings. The van der Waals surface area contributed by atoms with Gasteiger partial charge in [0.05, 0.1) is 18.2 Å². The summed E-state index contributed by atoms with van der Waals surface area (Å²) >= 11 is 5.55. The zero-order chi connectivity index (χ0) is 19.0. The molecule has 1 aromatic carbocycles. The Hall–Kier alpha value is -2.77. The van der Waals surface area contributed by atoms with Gasteiger partial charge in [-0.15, -0.1) is 0 Å². The summed E-state index contributed by atoms with van der Waals surface area (Å²) in [7, 11) is 1.69. The first kappa shape index (κ1) is 17.6. The molecule has 0 aliphatic heterocycles. The number of methoxy groups -OCH3 is 1. The lowest BCUT2D eigenvalue weighted by molar-refractivity contribution is 0.188. The molecule has 140 valence electrons. The minimum absolute atomic E-state index is 0.0803. The molecule has 0 spiro atoms. The fourth-order valence-corrected chi connectivity index (χ4v) is 3.93. The number of aliphatic hydroxyl groups is 2. The van der Waals surface area contributed by atoms with E-state index in [9.17, 15) is 10.2 Å². The van der Waals surface area contributed by atoms with Crippen LogP contribution in [0.3, 0.4) is 0 Å². The number of nitrogens with one attached hydrogen (secondary N) is 2. The van der Waals surface area contributed by atoms with Crippen LogP contribution in [0, 0.1) is 4.64 Å². The second kappa shape index (κ2) is 7.09. The van der Waals surface area contributed by atoms with E-state index in [1.54, 1.807) is 13.2 Å². The van der Waals surface area contributed by atoms with Crippen LogP contribution in [0.5, 0.6) is 0 Å². The van der Waals surface area contributed by atoms with Gasteiger partial charge >= 0.3 is 0 Å². The maximum Gasteiger partial charge on any atom is 0.127 e. The van der Waals surface area contributed by atoms with Gasteiger partial charge in [0, 0.05) is 42.4 Å². The Kier molecular flexibility index (Phi) is 4.63. The van der Waals surface area contributed by atoms with Crippen LogP contribution in [0.2, 0.25) is 0 Å². The number of hydrogen-bond donors (Lipinski definition) is 4. The number of aliphatic hydroxyl groups excluding tert-OH is 2. The monoisotopic (exact) mass is 383 g/mol. The highest BCUT2D eigenvalue weighted by Gasteiger charge is 2.26. The second-order valence-electron chi connectivity index (χ2n) is 6.59. The highest BCUT2D eigenvalue weighted by atomic mass is 32.1. The molecule has 0 bridgehead atoms. The molecular weight excluding hydrogens is 362 g/mol. The molecule has 0 saturated heterocycles. The number of H-pyrrole nitrogens is 2. The smallest absolute Gasteiger partial charge is 0.127 e. The maximum atomic E-state index is 10.4. The fourth-order valence-electron chi connectivity index (χ4n) is 3.66. The Labute approximate surface area is 161 Å². The summed E-state index contributed by atoms with van der Waals surface area (Å²) < 4.78 is 7.94. The van der Waals surface area contributed by atoms with E-state index in [2.05, 4.69) is 26.9 Å². The van der Waals surface area contributed by atoms with Crippen molar-refractivity contribution in [1.29, 1.82) is 0 Å². The van der Waals surface area contributed by atoms with Gasteiger partial charge in [-0.1, -0.05) is 24.4 Å². The Morgan fingerprint density at radius 2 is 2.11 bits per heavy atom. The molecule has 0 saturated carbocycles. The number of nitrogens with zero attached hydrogens (tertiary/aromatic N) is 1. The van der Waals surface area contributed by atoms with Gasteiger partial charge in [0.2, 0.25) is 0 Å². The van der Waals surface area contributed by atoms with Crippen molar-refractivity contribution in [1.82, 2.24) is 14.8 Å².